The van der Waals surface area contributed by atoms with E-state index in [0.29, 0.717) is 16.1 Å². The fraction of sp³-hybridized carbons (Fsp3) is 0.385. The standard InChI is InChI=1S/C13H14BrNO3/c1-6-3-8(6)12(16)15-11-5-9(13(17)18)10(14)4-7(11)2/h4-6,8H,3H2,1-2H3,(H,15,16)(H,17,18)/t6-,8+/m1/s1. The van der Waals surface area contributed by atoms with Gasteiger partial charge in [-0.15, -0.1) is 0 Å². The largest absolute Gasteiger partial charge is 0.478 e. The van der Waals surface area contributed by atoms with E-state index in [4.69, 9.17) is 5.11 Å². The number of aromatic carboxylic acids is 1. The number of carboxylic acids is 1. The summed E-state index contributed by atoms with van der Waals surface area (Å²) >= 11 is 3.21. The molecule has 1 aromatic rings. The van der Waals surface area contributed by atoms with E-state index in [2.05, 4.69) is 21.2 Å². The summed E-state index contributed by atoms with van der Waals surface area (Å²) < 4.78 is 0.519. The molecule has 0 radical (unpaired) electrons. The van der Waals surface area contributed by atoms with Gasteiger partial charge in [-0.1, -0.05) is 6.92 Å². The van der Waals surface area contributed by atoms with Crippen molar-refractivity contribution in [2.24, 2.45) is 11.8 Å². The van der Waals surface area contributed by atoms with Gasteiger partial charge in [0.1, 0.15) is 0 Å². The second-order valence-corrected chi connectivity index (χ2v) is 5.62. The molecule has 1 aromatic carbocycles. The molecular weight excluding hydrogens is 298 g/mol. The quantitative estimate of drug-likeness (QED) is 0.901. The Morgan fingerprint density at radius 2 is 2.06 bits per heavy atom. The van der Waals surface area contributed by atoms with Gasteiger partial charge in [0.05, 0.1) is 5.56 Å². The summed E-state index contributed by atoms with van der Waals surface area (Å²) in [5, 5.41) is 11.8. The summed E-state index contributed by atoms with van der Waals surface area (Å²) in [5.41, 5.74) is 1.56. The summed E-state index contributed by atoms with van der Waals surface area (Å²) in [6, 6.07) is 3.20. The Morgan fingerprint density at radius 3 is 2.56 bits per heavy atom. The van der Waals surface area contributed by atoms with Gasteiger partial charge in [0, 0.05) is 16.1 Å². The van der Waals surface area contributed by atoms with Crippen molar-refractivity contribution in [3.8, 4) is 0 Å². The molecule has 1 saturated carbocycles. The molecular formula is C13H14BrNO3. The molecule has 96 valence electrons. The van der Waals surface area contributed by atoms with Gasteiger partial charge in [-0.3, -0.25) is 4.79 Å². The van der Waals surface area contributed by atoms with Crippen LogP contribution in [0.4, 0.5) is 5.69 Å². The second-order valence-electron chi connectivity index (χ2n) is 4.76. The van der Waals surface area contributed by atoms with Crippen molar-refractivity contribution in [2.45, 2.75) is 20.3 Å². The molecule has 1 aliphatic carbocycles. The number of hydrogen-bond acceptors (Lipinski definition) is 2. The summed E-state index contributed by atoms with van der Waals surface area (Å²) in [6.07, 6.45) is 0.910. The Morgan fingerprint density at radius 1 is 1.44 bits per heavy atom. The minimum Gasteiger partial charge on any atom is -0.478 e. The van der Waals surface area contributed by atoms with E-state index in [-0.39, 0.29) is 17.4 Å². The zero-order valence-corrected chi connectivity index (χ0v) is 11.7. The Bertz CT molecular complexity index is 527. The van der Waals surface area contributed by atoms with Gasteiger partial charge < -0.3 is 10.4 Å². The van der Waals surface area contributed by atoms with Gasteiger partial charge >= 0.3 is 5.97 Å². The van der Waals surface area contributed by atoms with Crippen LogP contribution >= 0.6 is 15.9 Å². The molecule has 1 fully saturated rings. The minimum absolute atomic E-state index is 0.0238. The molecule has 0 saturated heterocycles. The molecule has 0 heterocycles. The van der Waals surface area contributed by atoms with Gasteiger partial charge in [0.15, 0.2) is 0 Å². The third-order valence-corrected chi connectivity index (χ3v) is 3.90. The smallest absolute Gasteiger partial charge is 0.336 e. The second kappa shape index (κ2) is 4.72. The predicted octanol–water partition coefficient (Wildman–Crippen LogP) is 3.05. The Balaban J connectivity index is 2.24. The van der Waals surface area contributed by atoms with Crippen LogP contribution in [-0.4, -0.2) is 17.0 Å². The number of halogens is 1. The van der Waals surface area contributed by atoms with Crippen molar-refractivity contribution in [3.63, 3.8) is 0 Å². The average molecular weight is 312 g/mol. The third-order valence-electron chi connectivity index (χ3n) is 3.25. The summed E-state index contributed by atoms with van der Waals surface area (Å²) in [4.78, 5) is 22.9. The number of carbonyl (C=O) groups excluding carboxylic acids is 1. The number of aryl methyl sites for hydroxylation is 1. The van der Waals surface area contributed by atoms with E-state index in [1.807, 2.05) is 13.8 Å². The molecule has 4 nitrogen and oxygen atoms in total. The van der Waals surface area contributed by atoms with Crippen molar-refractivity contribution in [1.29, 1.82) is 0 Å². The molecule has 2 rings (SSSR count). The molecule has 1 amide bonds. The Labute approximate surface area is 114 Å². The van der Waals surface area contributed by atoms with Gasteiger partial charge in [-0.25, -0.2) is 4.79 Å². The third kappa shape index (κ3) is 2.56. The number of carbonyl (C=O) groups is 2. The van der Waals surface area contributed by atoms with Crippen molar-refractivity contribution in [3.05, 3.63) is 27.7 Å². The summed E-state index contributed by atoms with van der Waals surface area (Å²) in [7, 11) is 0. The maximum Gasteiger partial charge on any atom is 0.336 e. The first-order valence-corrected chi connectivity index (χ1v) is 6.53. The van der Waals surface area contributed by atoms with Crippen LogP contribution < -0.4 is 5.32 Å². The summed E-state index contributed by atoms with van der Waals surface area (Å²) in [6.45, 7) is 3.86. The zero-order valence-electron chi connectivity index (χ0n) is 10.2. The Hall–Kier alpha value is -1.36. The lowest BCUT2D eigenvalue weighted by molar-refractivity contribution is -0.117. The lowest BCUT2D eigenvalue weighted by atomic mass is 10.1. The molecule has 0 aromatic heterocycles. The van der Waals surface area contributed by atoms with Crippen LogP contribution in [0.2, 0.25) is 0 Å². The van der Waals surface area contributed by atoms with Crippen LogP contribution in [0.15, 0.2) is 16.6 Å². The van der Waals surface area contributed by atoms with Crippen molar-refractivity contribution in [2.75, 3.05) is 5.32 Å². The van der Waals surface area contributed by atoms with Crippen molar-refractivity contribution < 1.29 is 14.7 Å². The number of hydrogen-bond donors (Lipinski definition) is 2. The van der Waals surface area contributed by atoms with E-state index in [1.165, 1.54) is 6.07 Å². The number of rotatable bonds is 3. The first kappa shape index (κ1) is 13.1. The van der Waals surface area contributed by atoms with Crippen molar-refractivity contribution >= 4 is 33.5 Å². The lowest BCUT2D eigenvalue weighted by Crippen LogP contribution is -2.16. The predicted molar refractivity (Wildman–Crippen MR) is 71.7 cm³/mol. The van der Waals surface area contributed by atoms with E-state index >= 15 is 0 Å². The number of nitrogens with one attached hydrogen (secondary N) is 1. The van der Waals surface area contributed by atoms with Crippen LogP contribution in [0, 0.1) is 18.8 Å². The molecule has 0 aliphatic heterocycles. The fourth-order valence-corrected chi connectivity index (χ4v) is 2.51. The van der Waals surface area contributed by atoms with Gasteiger partial charge in [0.25, 0.3) is 0 Å². The van der Waals surface area contributed by atoms with Crippen LogP contribution in [0.3, 0.4) is 0 Å². The summed E-state index contributed by atoms with van der Waals surface area (Å²) in [5.74, 6) is -0.539. The molecule has 0 bridgehead atoms. The van der Waals surface area contributed by atoms with E-state index < -0.39 is 5.97 Å². The van der Waals surface area contributed by atoms with Crippen molar-refractivity contribution in [1.82, 2.24) is 0 Å². The maximum atomic E-state index is 11.8. The highest BCUT2D eigenvalue weighted by Gasteiger charge is 2.39. The van der Waals surface area contributed by atoms with Crippen LogP contribution in [0.5, 0.6) is 0 Å². The highest BCUT2D eigenvalue weighted by molar-refractivity contribution is 9.10. The van der Waals surface area contributed by atoms with E-state index in [9.17, 15) is 9.59 Å². The SMILES string of the molecule is Cc1cc(Br)c(C(=O)O)cc1NC(=O)[C@H]1C[C@H]1C. The first-order valence-electron chi connectivity index (χ1n) is 5.74. The van der Waals surface area contributed by atoms with Crippen LogP contribution in [0.25, 0.3) is 0 Å². The molecule has 0 unspecified atom stereocenters. The monoisotopic (exact) mass is 311 g/mol. The molecule has 0 spiro atoms. The number of benzene rings is 1. The first-order chi connectivity index (χ1) is 8.40. The fourth-order valence-electron chi connectivity index (χ4n) is 1.88. The number of anilines is 1. The Kier molecular flexibility index (Phi) is 3.43. The molecule has 5 heteroatoms. The molecule has 1 aliphatic rings. The highest BCUT2D eigenvalue weighted by atomic mass is 79.9. The van der Waals surface area contributed by atoms with Crippen LogP contribution in [0.1, 0.15) is 29.3 Å². The van der Waals surface area contributed by atoms with Gasteiger partial charge in [-0.2, -0.15) is 0 Å². The lowest BCUT2D eigenvalue weighted by Gasteiger charge is -2.10. The van der Waals surface area contributed by atoms with Crippen LogP contribution in [-0.2, 0) is 4.79 Å². The topological polar surface area (TPSA) is 66.4 Å². The van der Waals surface area contributed by atoms with Gasteiger partial charge in [-0.05, 0) is 52.9 Å². The highest BCUT2D eigenvalue weighted by Crippen LogP contribution is 2.38. The average Bonchev–Trinajstić information content (AvgIpc) is 2.99. The molecule has 2 atom stereocenters. The van der Waals surface area contributed by atoms with Gasteiger partial charge in [0.2, 0.25) is 5.91 Å². The van der Waals surface area contributed by atoms with E-state index in [1.54, 1.807) is 6.07 Å². The normalized spacial score (nSPS) is 21.5. The maximum absolute atomic E-state index is 11.8. The zero-order chi connectivity index (χ0) is 13.4. The van der Waals surface area contributed by atoms with E-state index in [0.717, 1.165) is 12.0 Å². The molecule has 18 heavy (non-hydrogen) atoms. The number of carboxylic acid groups (broad SMARTS) is 1. The number of amides is 1. The molecule has 2 N–H and O–H groups in total. The minimum atomic E-state index is -1.02.